The predicted molar refractivity (Wildman–Crippen MR) is 97.1 cm³/mol. The Morgan fingerprint density at radius 1 is 1.19 bits per heavy atom. The minimum absolute atomic E-state index is 0.206. The second-order valence-electron chi connectivity index (χ2n) is 6.16. The minimum Gasteiger partial charge on any atom is -0.618 e. The third-order valence-electron chi connectivity index (χ3n) is 4.42. The number of benzene rings is 1. The zero-order valence-corrected chi connectivity index (χ0v) is 15.1. The molecule has 0 radical (unpaired) electrons. The van der Waals surface area contributed by atoms with Crippen LogP contribution >= 0.6 is 11.6 Å². The molecule has 0 saturated heterocycles. The van der Waals surface area contributed by atoms with Gasteiger partial charge in [0.05, 0.1) is 0 Å². The van der Waals surface area contributed by atoms with E-state index in [0.29, 0.717) is 44.5 Å². The molecule has 0 atom stereocenters. The molecule has 0 saturated carbocycles. The van der Waals surface area contributed by atoms with Crippen LogP contribution in [-0.2, 0) is 0 Å². The highest BCUT2D eigenvalue weighted by Gasteiger charge is 2.24. The van der Waals surface area contributed by atoms with E-state index in [1.54, 1.807) is 37.5 Å². The van der Waals surface area contributed by atoms with Gasteiger partial charge in [0, 0.05) is 18.0 Å². The maximum atomic E-state index is 12.7. The first-order valence-electron chi connectivity index (χ1n) is 8.12. The molecule has 0 amide bonds. The van der Waals surface area contributed by atoms with Crippen LogP contribution in [0.2, 0.25) is 5.02 Å². The topological polar surface area (TPSA) is 96.3 Å². The summed E-state index contributed by atoms with van der Waals surface area (Å²) in [7, 11) is 0. The maximum absolute atomic E-state index is 12.7. The van der Waals surface area contributed by atoms with Crippen molar-refractivity contribution in [3.8, 4) is 23.2 Å². The van der Waals surface area contributed by atoms with Crippen molar-refractivity contribution < 1.29 is 13.7 Å². The Kier molecular flexibility index (Phi) is 3.26. The van der Waals surface area contributed by atoms with Crippen molar-refractivity contribution >= 4 is 28.2 Å². The van der Waals surface area contributed by atoms with Crippen molar-refractivity contribution in [1.29, 1.82) is 0 Å². The molecule has 0 bridgehead atoms. The van der Waals surface area contributed by atoms with E-state index in [1.807, 2.05) is 17.4 Å². The zero-order valence-electron chi connectivity index (χ0n) is 14.3. The summed E-state index contributed by atoms with van der Waals surface area (Å²) >= 11 is 6.04. The first-order valence-corrected chi connectivity index (χ1v) is 8.50. The predicted octanol–water partition coefficient (Wildman–Crippen LogP) is 3.70. The van der Waals surface area contributed by atoms with Gasteiger partial charge in [0.15, 0.2) is 11.5 Å². The summed E-state index contributed by atoms with van der Waals surface area (Å²) in [5.74, 6) is 1.77. The Morgan fingerprint density at radius 3 is 2.81 bits per heavy atom. The van der Waals surface area contributed by atoms with E-state index in [9.17, 15) is 5.21 Å². The van der Waals surface area contributed by atoms with Crippen LogP contribution in [0.1, 0.15) is 11.5 Å². The van der Waals surface area contributed by atoms with E-state index in [2.05, 4.69) is 15.1 Å². The summed E-state index contributed by atoms with van der Waals surface area (Å²) in [6, 6.07) is 8.71. The fourth-order valence-electron chi connectivity index (χ4n) is 3.15. The first-order chi connectivity index (χ1) is 13.0. The standard InChI is InChI=1S/C18H12ClN5O3/c1-9-3-6-14(26-9)17-21-18(27-22-17)15-16-10(2)24(25)13-7-11(19)4-5-12(13)23(16)8-20-15/h3-8H,1-2H3. The molecule has 0 unspecified atom stereocenters. The minimum atomic E-state index is 0.206. The largest absolute Gasteiger partial charge is 0.618 e. The van der Waals surface area contributed by atoms with Crippen molar-refractivity contribution in [1.82, 2.24) is 19.5 Å². The molecule has 4 heterocycles. The molecule has 4 aromatic heterocycles. The average Bonchev–Trinajstić information content (AvgIpc) is 3.37. The molecule has 5 aromatic rings. The summed E-state index contributed by atoms with van der Waals surface area (Å²) in [6.07, 6.45) is 1.62. The van der Waals surface area contributed by atoms with Crippen LogP contribution in [0.15, 0.2) is 45.6 Å². The number of hydrogen-bond acceptors (Lipinski definition) is 6. The van der Waals surface area contributed by atoms with Gasteiger partial charge in [-0.25, -0.2) is 4.98 Å². The Balaban J connectivity index is 1.74. The highest BCUT2D eigenvalue weighted by atomic mass is 35.5. The number of halogens is 1. The fourth-order valence-corrected chi connectivity index (χ4v) is 3.31. The molecular weight excluding hydrogens is 370 g/mol. The molecule has 0 spiro atoms. The lowest BCUT2D eigenvalue weighted by atomic mass is 10.2. The monoisotopic (exact) mass is 381 g/mol. The quantitative estimate of drug-likeness (QED) is 0.341. The first kappa shape index (κ1) is 15.8. The van der Waals surface area contributed by atoms with Crippen molar-refractivity contribution in [2.75, 3.05) is 0 Å². The summed E-state index contributed by atoms with van der Waals surface area (Å²) in [5, 5.41) is 17.2. The molecule has 0 N–H and O–H groups in total. The molecular formula is C18H12ClN5O3. The number of imidazole rings is 1. The second-order valence-corrected chi connectivity index (χ2v) is 6.59. The van der Waals surface area contributed by atoms with E-state index in [0.717, 1.165) is 10.5 Å². The lowest BCUT2D eigenvalue weighted by Gasteiger charge is -2.08. The highest BCUT2D eigenvalue weighted by molar-refractivity contribution is 6.31. The molecule has 27 heavy (non-hydrogen) atoms. The number of aromatic nitrogens is 5. The second kappa shape index (κ2) is 5.55. The van der Waals surface area contributed by atoms with Crippen molar-refractivity contribution in [2.24, 2.45) is 0 Å². The van der Waals surface area contributed by atoms with Crippen LogP contribution < -0.4 is 4.73 Å². The molecule has 9 heteroatoms. The number of aryl methyl sites for hydroxylation is 2. The van der Waals surface area contributed by atoms with Gasteiger partial charge in [0.2, 0.25) is 17.0 Å². The van der Waals surface area contributed by atoms with Crippen molar-refractivity contribution in [3.63, 3.8) is 0 Å². The normalized spacial score (nSPS) is 11.7. The summed E-state index contributed by atoms with van der Waals surface area (Å²) in [6.45, 7) is 3.54. The lowest BCUT2D eigenvalue weighted by Crippen LogP contribution is -2.32. The number of hydrogen-bond donors (Lipinski definition) is 0. The summed E-state index contributed by atoms with van der Waals surface area (Å²) < 4.78 is 13.5. The molecule has 0 aliphatic heterocycles. The third-order valence-corrected chi connectivity index (χ3v) is 4.66. The molecule has 8 nitrogen and oxygen atoms in total. The maximum Gasteiger partial charge on any atom is 0.279 e. The number of furan rings is 1. The summed E-state index contributed by atoms with van der Waals surface area (Å²) in [5.41, 5.74) is 2.59. The Bertz CT molecular complexity index is 1330. The van der Waals surface area contributed by atoms with E-state index in [-0.39, 0.29) is 5.89 Å². The van der Waals surface area contributed by atoms with Gasteiger partial charge >= 0.3 is 0 Å². The van der Waals surface area contributed by atoms with Gasteiger partial charge in [0.25, 0.3) is 5.89 Å². The fraction of sp³-hybridized carbons (Fsp3) is 0.111. The van der Waals surface area contributed by atoms with E-state index < -0.39 is 0 Å². The molecule has 0 fully saturated rings. The molecule has 134 valence electrons. The average molecular weight is 382 g/mol. The van der Waals surface area contributed by atoms with Crippen LogP contribution in [-0.4, -0.2) is 19.5 Å². The van der Waals surface area contributed by atoms with E-state index in [1.165, 1.54) is 0 Å². The number of fused-ring (bicyclic) bond motifs is 3. The van der Waals surface area contributed by atoms with Crippen LogP contribution in [0.25, 0.3) is 39.7 Å². The lowest BCUT2D eigenvalue weighted by molar-refractivity contribution is -0.583. The third kappa shape index (κ3) is 2.30. The SMILES string of the molecule is Cc1ccc(-c2noc(-c3ncn4c3c(C)[n+]([O-])c3cc(Cl)ccc34)n2)o1. The van der Waals surface area contributed by atoms with Gasteiger partial charge < -0.3 is 14.1 Å². The van der Waals surface area contributed by atoms with Gasteiger partial charge in [-0.05, 0) is 31.2 Å². The smallest absolute Gasteiger partial charge is 0.279 e. The van der Waals surface area contributed by atoms with Crippen molar-refractivity contribution in [3.05, 3.63) is 58.3 Å². The van der Waals surface area contributed by atoms with Gasteiger partial charge in [-0.2, -0.15) is 9.71 Å². The van der Waals surface area contributed by atoms with Crippen LogP contribution in [0.4, 0.5) is 0 Å². The van der Waals surface area contributed by atoms with Gasteiger partial charge in [0.1, 0.15) is 23.1 Å². The number of nitrogens with zero attached hydrogens (tertiary/aromatic N) is 5. The van der Waals surface area contributed by atoms with Crippen LogP contribution in [0.5, 0.6) is 0 Å². The Morgan fingerprint density at radius 2 is 2.04 bits per heavy atom. The van der Waals surface area contributed by atoms with Gasteiger partial charge in [-0.15, -0.1) is 0 Å². The van der Waals surface area contributed by atoms with Crippen LogP contribution in [0, 0.1) is 19.1 Å². The molecule has 5 rings (SSSR count). The highest BCUT2D eigenvalue weighted by Crippen LogP contribution is 2.29. The van der Waals surface area contributed by atoms with Crippen molar-refractivity contribution in [2.45, 2.75) is 13.8 Å². The Labute approximate surface area is 157 Å². The molecule has 1 aromatic carbocycles. The van der Waals surface area contributed by atoms with Crippen LogP contribution in [0.3, 0.4) is 0 Å². The zero-order chi connectivity index (χ0) is 18.7. The molecule has 0 aliphatic rings. The van der Waals surface area contributed by atoms with Gasteiger partial charge in [-0.3, -0.25) is 4.40 Å². The van der Waals surface area contributed by atoms with E-state index >= 15 is 0 Å². The Hall–Kier alpha value is -3.39. The van der Waals surface area contributed by atoms with Gasteiger partial charge in [-0.1, -0.05) is 16.8 Å². The number of rotatable bonds is 2. The summed E-state index contributed by atoms with van der Waals surface area (Å²) in [4.78, 5) is 8.77. The molecule has 0 aliphatic carbocycles. The van der Waals surface area contributed by atoms with E-state index in [4.69, 9.17) is 20.5 Å².